The maximum absolute atomic E-state index is 11.0. The minimum absolute atomic E-state index is 0.839. The van der Waals surface area contributed by atoms with Crippen molar-refractivity contribution in [1.29, 1.82) is 0 Å². The summed E-state index contributed by atoms with van der Waals surface area (Å²) in [6, 6.07) is 0. The third-order valence-electron chi connectivity index (χ3n) is 2.27. The summed E-state index contributed by atoms with van der Waals surface area (Å²) in [6.07, 6.45) is 9.86. The van der Waals surface area contributed by atoms with E-state index in [1.165, 1.54) is 37.5 Å². The molecule has 0 heterocycles. The van der Waals surface area contributed by atoms with Gasteiger partial charge in [-0.15, -0.1) is 0 Å². The molecule has 0 aliphatic carbocycles. The summed E-state index contributed by atoms with van der Waals surface area (Å²) in [5.41, 5.74) is 0. The highest BCUT2D eigenvalue weighted by molar-refractivity contribution is 9.09. The highest BCUT2D eigenvalue weighted by Gasteiger charge is 1.95. The van der Waals surface area contributed by atoms with Gasteiger partial charge in [0.05, 0.1) is 0 Å². The number of hydrogen-bond acceptors (Lipinski definition) is 2. The molecule has 0 spiro atoms. The molecular weight excluding hydrogens is 288 g/mol. The topological polar surface area (TPSA) is 34.1 Å². The van der Waals surface area contributed by atoms with Crippen LogP contribution in [0.25, 0.3) is 0 Å². The first kappa shape index (κ1) is 15.9. The highest BCUT2D eigenvalue weighted by atomic mass is 79.9. The smallest absolute Gasteiger partial charge is 0.192 e. The van der Waals surface area contributed by atoms with E-state index in [0.29, 0.717) is 0 Å². The van der Waals surface area contributed by atoms with Gasteiger partial charge in [-0.2, -0.15) is 0 Å². The molecule has 0 bridgehead atoms. The fraction of sp³-hybridized carbons (Fsp3) is 0.667. The summed E-state index contributed by atoms with van der Waals surface area (Å²) >= 11 is 3.40. The average Bonchev–Trinajstić information content (AvgIpc) is 2.27. The average molecular weight is 309 g/mol. The van der Waals surface area contributed by atoms with Crippen LogP contribution >= 0.6 is 15.9 Å². The molecule has 0 aromatic heterocycles. The molecule has 0 unspecified atom stereocenters. The lowest BCUT2D eigenvalue weighted by atomic mass is 10.1. The van der Waals surface area contributed by atoms with Gasteiger partial charge < -0.3 is 0 Å². The van der Waals surface area contributed by atoms with Gasteiger partial charge in [-0.05, 0) is 19.3 Å². The molecule has 0 radical (unpaired) electrons. The van der Waals surface area contributed by atoms with Crippen molar-refractivity contribution in [3.63, 3.8) is 0 Å². The Kier molecular flexibility index (Phi) is 10.0. The van der Waals surface area contributed by atoms with E-state index in [-0.39, 0.29) is 0 Å². The van der Waals surface area contributed by atoms with E-state index < -0.39 is 9.84 Å². The van der Waals surface area contributed by atoms with Crippen LogP contribution in [0.5, 0.6) is 0 Å². The van der Waals surface area contributed by atoms with Crippen molar-refractivity contribution < 1.29 is 8.42 Å². The second kappa shape index (κ2) is 10.1. The van der Waals surface area contributed by atoms with E-state index in [4.69, 9.17) is 0 Å². The van der Waals surface area contributed by atoms with Gasteiger partial charge in [-0.1, -0.05) is 54.3 Å². The number of alkyl halides is 1. The first-order valence-corrected chi connectivity index (χ1v) is 8.45. The SMILES string of the molecule is C=CS(=O)(=O)/C=C/CCCCCCCCBr. The maximum atomic E-state index is 11.0. The second-order valence-corrected chi connectivity index (χ2v) is 6.30. The van der Waals surface area contributed by atoms with Gasteiger partial charge >= 0.3 is 0 Å². The molecule has 0 atom stereocenters. The fourth-order valence-corrected chi connectivity index (χ4v) is 2.23. The molecule has 16 heavy (non-hydrogen) atoms. The van der Waals surface area contributed by atoms with Gasteiger partial charge in [0.1, 0.15) is 0 Å². The first-order chi connectivity index (χ1) is 7.62. The Morgan fingerprint density at radius 3 is 2.12 bits per heavy atom. The van der Waals surface area contributed by atoms with Crippen molar-refractivity contribution in [2.45, 2.75) is 44.9 Å². The Hall–Kier alpha value is -0.0900. The molecule has 4 heteroatoms. The molecule has 2 nitrogen and oxygen atoms in total. The summed E-state index contributed by atoms with van der Waals surface area (Å²) in [7, 11) is -3.15. The number of allylic oxidation sites excluding steroid dienone is 1. The van der Waals surface area contributed by atoms with Gasteiger partial charge in [0.2, 0.25) is 0 Å². The number of halogens is 1. The minimum Gasteiger partial charge on any atom is -0.220 e. The van der Waals surface area contributed by atoms with Crippen LogP contribution in [0.1, 0.15) is 44.9 Å². The number of sulfone groups is 1. The summed E-state index contributed by atoms with van der Waals surface area (Å²) < 4.78 is 22.0. The van der Waals surface area contributed by atoms with Gasteiger partial charge in [0.15, 0.2) is 9.84 Å². The Labute approximate surface area is 108 Å². The zero-order chi connectivity index (χ0) is 12.3. The number of rotatable bonds is 10. The molecule has 0 rings (SSSR count). The van der Waals surface area contributed by atoms with E-state index in [0.717, 1.165) is 23.6 Å². The Morgan fingerprint density at radius 1 is 1.00 bits per heavy atom. The summed E-state index contributed by atoms with van der Waals surface area (Å²) in [5, 5.41) is 3.31. The van der Waals surface area contributed by atoms with Crippen molar-refractivity contribution >= 4 is 25.8 Å². The van der Waals surface area contributed by atoms with E-state index in [1.54, 1.807) is 6.08 Å². The lowest BCUT2D eigenvalue weighted by Gasteiger charge is -1.98. The molecule has 0 aliphatic heterocycles. The number of hydrogen-bond donors (Lipinski definition) is 0. The molecule has 0 saturated carbocycles. The summed E-state index contributed by atoms with van der Waals surface area (Å²) in [5.74, 6) is 0. The molecule has 0 aliphatic rings. The maximum Gasteiger partial charge on any atom is 0.192 e. The largest absolute Gasteiger partial charge is 0.220 e. The molecule has 0 amide bonds. The normalized spacial score (nSPS) is 12.1. The summed E-state index contributed by atoms with van der Waals surface area (Å²) in [6.45, 7) is 3.25. The van der Waals surface area contributed by atoms with Crippen LogP contribution in [0.15, 0.2) is 23.5 Å². The van der Waals surface area contributed by atoms with Gasteiger partial charge in [-0.25, -0.2) is 8.42 Å². The third-order valence-corrected chi connectivity index (χ3v) is 3.87. The van der Waals surface area contributed by atoms with Crippen LogP contribution in [0.3, 0.4) is 0 Å². The molecular formula is C12H21BrO2S. The van der Waals surface area contributed by atoms with E-state index in [2.05, 4.69) is 22.5 Å². The van der Waals surface area contributed by atoms with Crippen LogP contribution in [-0.2, 0) is 9.84 Å². The Balaban J connectivity index is 3.37. The predicted octanol–water partition coefficient (Wildman–Crippen LogP) is 4.18. The fourth-order valence-electron chi connectivity index (χ4n) is 1.32. The van der Waals surface area contributed by atoms with E-state index in [9.17, 15) is 8.42 Å². The minimum atomic E-state index is -3.15. The zero-order valence-electron chi connectivity index (χ0n) is 9.70. The molecule has 0 N–H and O–H groups in total. The van der Waals surface area contributed by atoms with Crippen LogP contribution in [0.2, 0.25) is 0 Å². The molecule has 0 saturated heterocycles. The van der Waals surface area contributed by atoms with Crippen molar-refractivity contribution in [2.24, 2.45) is 0 Å². The van der Waals surface area contributed by atoms with Crippen LogP contribution in [-0.4, -0.2) is 13.7 Å². The van der Waals surface area contributed by atoms with Crippen LogP contribution < -0.4 is 0 Å². The zero-order valence-corrected chi connectivity index (χ0v) is 12.1. The molecule has 0 fully saturated rings. The highest BCUT2D eigenvalue weighted by Crippen LogP contribution is 2.08. The lowest BCUT2D eigenvalue weighted by molar-refractivity contribution is 0.610. The first-order valence-electron chi connectivity index (χ1n) is 5.72. The third kappa shape index (κ3) is 10.4. The molecule has 94 valence electrons. The second-order valence-electron chi connectivity index (χ2n) is 3.73. The van der Waals surface area contributed by atoms with Gasteiger partial charge in [-0.3, -0.25) is 0 Å². The quantitative estimate of drug-likeness (QED) is 0.448. The Morgan fingerprint density at radius 2 is 1.56 bits per heavy atom. The summed E-state index contributed by atoms with van der Waals surface area (Å²) in [4.78, 5) is 0. The number of unbranched alkanes of at least 4 members (excludes halogenated alkanes) is 6. The monoisotopic (exact) mass is 308 g/mol. The predicted molar refractivity (Wildman–Crippen MR) is 74.4 cm³/mol. The molecule has 0 aromatic rings. The van der Waals surface area contributed by atoms with E-state index >= 15 is 0 Å². The van der Waals surface area contributed by atoms with E-state index in [1.807, 2.05) is 0 Å². The van der Waals surface area contributed by atoms with Crippen LogP contribution in [0.4, 0.5) is 0 Å². The Bertz CT molecular complexity index is 294. The van der Waals surface area contributed by atoms with Crippen molar-refractivity contribution in [1.82, 2.24) is 0 Å². The van der Waals surface area contributed by atoms with Crippen molar-refractivity contribution in [3.8, 4) is 0 Å². The molecule has 0 aromatic carbocycles. The standard InChI is InChI=1S/C12H21BrO2S/c1-2-16(14,15)12-10-8-6-4-3-5-7-9-11-13/h2,10,12H,1,3-9,11H2/b12-10+. The van der Waals surface area contributed by atoms with Gasteiger partial charge in [0.25, 0.3) is 0 Å². The van der Waals surface area contributed by atoms with Gasteiger partial charge in [0, 0.05) is 16.1 Å². The van der Waals surface area contributed by atoms with Crippen molar-refractivity contribution in [3.05, 3.63) is 23.5 Å². The lowest BCUT2D eigenvalue weighted by Crippen LogP contribution is -1.86. The van der Waals surface area contributed by atoms with Crippen LogP contribution in [0, 0.1) is 0 Å². The van der Waals surface area contributed by atoms with Crippen molar-refractivity contribution in [2.75, 3.05) is 5.33 Å².